The molecule has 128 valence electrons. The zero-order valence-corrected chi connectivity index (χ0v) is 14.6. The quantitative estimate of drug-likeness (QED) is 0.722. The molecule has 0 unspecified atom stereocenters. The molecule has 0 saturated heterocycles. The minimum absolute atomic E-state index is 0.0101. The third kappa shape index (κ3) is 1.78. The van der Waals surface area contributed by atoms with Gasteiger partial charge in [-0.2, -0.15) is 0 Å². The van der Waals surface area contributed by atoms with E-state index in [0.717, 1.165) is 18.3 Å². The summed E-state index contributed by atoms with van der Waals surface area (Å²) in [5, 5.41) is 20.4. The number of hydrogen-bond donors (Lipinski definition) is 2. The van der Waals surface area contributed by atoms with Crippen molar-refractivity contribution in [2.75, 3.05) is 0 Å². The molecule has 0 radical (unpaired) electrons. The Kier molecular flexibility index (Phi) is 3.15. The molecule has 0 aliphatic heterocycles. The fourth-order valence-corrected chi connectivity index (χ4v) is 7.29. The average molecular weight is 318 g/mol. The molecule has 3 nitrogen and oxygen atoms in total. The van der Waals surface area contributed by atoms with Gasteiger partial charge in [0.05, 0.1) is 11.5 Å². The van der Waals surface area contributed by atoms with Crippen molar-refractivity contribution in [1.29, 1.82) is 0 Å². The van der Waals surface area contributed by atoms with E-state index in [1.807, 2.05) is 0 Å². The second-order valence-electron chi connectivity index (χ2n) is 9.49. The van der Waals surface area contributed by atoms with Crippen molar-refractivity contribution in [3.63, 3.8) is 0 Å². The zero-order valence-electron chi connectivity index (χ0n) is 14.6. The molecule has 0 aromatic rings. The van der Waals surface area contributed by atoms with E-state index >= 15 is 0 Å². The van der Waals surface area contributed by atoms with Crippen molar-refractivity contribution in [2.24, 2.45) is 39.9 Å². The monoisotopic (exact) mass is 318 g/mol. The number of allylic oxidation sites excluding steroid dienone is 2. The summed E-state index contributed by atoms with van der Waals surface area (Å²) in [5.41, 5.74) is -0.738. The van der Waals surface area contributed by atoms with Crippen molar-refractivity contribution in [1.82, 2.24) is 0 Å². The summed E-state index contributed by atoms with van der Waals surface area (Å²) >= 11 is 0. The van der Waals surface area contributed by atoms with Gasteiger partial charge in [-0.3, -0.25) is 4.79 Å². The van der Waals surface area contributed by atoms with Gasteiger partial charge < -0.3 is 10.2 Å². The van der Waals surface area contributed by atoms with Crippen LogP contribution in [0.1, 0.15) is 59.3 Å². The van der Waals surface area contributed by atoms with E-state index in [1.165, 1.54) is 25.7 Å². The SMILES string of the molecule is C[C@H]1C[C@@]23C=C[C@H]4[C@@](C)(CC[C@H](O)[C@@]4(C)C(=O)O)[C@@H]2CC[C@@H]1C3. The van der Waals surface area contributed by atoms with Crippen molar-refractivity contribution >= 4 is 5.97 Å². The van der Waals surface area contributed by atoms with E-state index in [1.54, 1.807) is 6.92 Å². The summed E-state index contributed by atoms with van der Waals surface area (Å²) in [6.07, 6.45) is 10.5. The molecule has 3 saturated carbocycles. The molecule has 0 aromatic heterocycles. The maximum Gasteiger partial charge on any atom is 0.312 e. The molecular formula is C20H30O3. The summed E-state index contributed by atoms with van der Waals surface area (Å²) in [6.45, 7) is 6.49. The standard InChI is InChI=1S/C20H30O3/c1-12-10-20-9-6-14-18(2,15(20)5-4-13(12)11-20)8-7-16(21)19(14,3)17(22)23/h6,9,12-16,21H,4-5,7-8,10-11H2,1-3H3,(H,22,23)/t12-,13+,14-,15-,16-,18+,19-,20+/m0/s1. The van der Waals surface area contributed by atoms with Gasteiger partial charge >= 0.3 is 5.97 Å². The van der Waals surface area contributed by atoms with Gasteiger partial charge in [0.2, 0.25) is 0 Å². The molecule has 4 rings (SSSR count). The van der Waals surface area contributed by atoms with Gasteiger partial charge in [0.1, 0.15) is 0 Å². The molecule has 1 spiro atoms. The third-order valence-corrected chi connectivity index (χ3v) is 8.55. The van der Waals surface area contributed by atoms with Crippen molar-refractivity contribution in [3.05, 3.63) is 12.2 Å². The average Bonchev–Trinajstić information content (AvgIpc) is 2.73. The zero-order chi connectivity index (χ0) is 16.6. The van der Waals surface area contributed by atoms with Gasteiger partial charge in [0.15, 0.2) is 0 Å². The number of carboxylic acid groups (broad SMARTS) is 1. The fourth-order valence-electron chi connectivity index (χ4n) is 7.29. The van der Waals surface area contributed by atoms with E-state index in [4.69, 9.17) is 0 Å². The Labute approximate surface area is 139 Å². The number of carboxylic acids is 1. The topological polar surface area (TPSA) is 57.5 Å². The third-order valence-electron chi connectivity index (χ3n) is 8.55. The Morgan fingerprint density at radius 2 is 1.91 bits per heavy atom. The maximum absolute atomic E-state index is 12.1. The molecular weight excluding hydrogens is 288 g/mol. The number of aliphatic carboxylic acids is 1. The van der Waals surface area contributed by atoms with E-state index in [-0.39, 0.29) is 11.3 Å². The Morgan fingerprint density at radius 3 is 2.61 bits per heavy atom. The van der Waals surface area contributed by atoms with Gasteiger partial charge in [-0.15, -0.1) is 0 Å². The largest absolute Gasteiger partial charge is 0.481 e. The minimum Gasteiger partial charge on any atom is -0.481 e. The fraction of sp³-hybridized carbons (Fsp3) is 0.850. The molecule has 3 fully saturated rings. The molecule has 0 heterocycles. The molecule has 2 bridgehead atoms. The first-order valence-electron chi connectivity index (χ1n) is 9.35. The summed E-state index contributed by atoms with van der Waals surface area (Å²) < 4.78 is 0. The molecule has 3 heteroatoms. The van der Waals surface area contributed by atoms with Gasteiger partial charge in [-0.05, 0) is 74.0 Å². The van der Waals surface area contributed by atoms with Crippen molar-refractivity contribution < 1.29 is 15.0 Å². The predicted molar refractivity (Wildman–Crippen MR) is 88.8 cm³/mol. The van der Waals surface area contributed by atoms with Gasteiger partial charge in [0.25, 0.3) is 0 Å². The van der Waals surface area contributed by atoms with E-state index in [2.05, 4.69) is 26.0 Å². The van der Waals surface area contributed by atoms with Crippen LogP contribution in [0.15, 0.2) is 12.2 Å². The number of rotatable bonds is 1. The van der Waals surface area contributed by atoms with Crippen LogP contribution in [0, 0.1) is 39.9 Å². The van der Waals surface area contributed by atoms with Crippen molar-refractivity contribution in [2.45, 2.75) is 65.4 Å². The van der Waals surface area contributed by atoms with E-state index in [0.29, 0.717) is 17.8 Å². The van der Waals surface area contributed by atoms with Gasteiger partial charge in [-0.1, -0.05) is 26.0 Å². The Morgan fingerprint density at radius 1 is 1.17 bits per heavy atom. The van der Waals surface area contributed by atoms with Gasteiger partial charge in [0, 0.05) is 5.92 Å². The van der Waals surface area contributed by atoms with E-state index < -0.39 is 17.5 Å². The Bertz CT molecular complexity index is 565. The lowest BCUT2D eigenvalue weighted by molar-refractivity contribution is -0.182. The highest BCUT2D eigenvalue weighted by molar-refractivity contribution is 5.76. The number of fused-ring (bicyclic) bond motifs is 3. The second kappa shape index (κ2) is 4.62. The number of hydrogen-bond acceptors (Lipinski definition) is 2. The lowest BCUT2D eigenvalue weighted by Crippen LogP contribution is -2.60. The molecule has 8 atom stereocenters. The van der Waals surface area contributed by atoms with Crippen LogP contribution in [0.2, 0.25) is 0 Å². The lowest BCUT2D eigenvalue weighted by Gasteiger charge is -2.61. The van der Waals surface area contributed by atoms with Crippen LogP contribution in [0.5, 0.6) is 0 Å². The smallest absolute Gasteiger partial charge is 0.312 e. The first-order chi connectivity index (χ1) is 10.7. The second-order valence-corrected chi connectivity index (χ2v) is 9.49. The van der Waals surface area contributed by atoms with Crippen LogP contribution in [0.4, 0.5) is 0 Å². The highest BCUT2D eigenvalue weighted by Gasteiger charge is 2.65. The lowest BCUT2D eigenvalue weighted by atomic mass is 9.43. The van der Waals surface area contributed by atoms with Crippen molar-refractivity contribution in [3.8, 4) is 0 Å². The minimum atomic E-state index is -1.05. The first-order valence-corrected chi connectivity index (χ1v) is 9.35. The molecule has 0 aromatic carbocycles. The Balaban J connectivity index is 1.82. The first kappa shape index (κ1) is 15.7. The normalized spacial score (nSPS) is 57.7. The number of carbonyl (C=O) groups is 1. The summed E-state index contributed by atoms with van der Waals surface area (Å²) in [5.74, 6) is 1.34. The molecule has 0 amide bonds. The summed E-state index contributed by atoms with van der Waals surface area (Å²) in [4.78, 5) is 12.1. The highest BCUT2D eigenvalue weighted by atomic mass is 16.4. The maximum atomic E-state index is 12.1. The molecule has 4 aliphatic carbocycles. The highest BCUT2D eigenvalue weighted by Crippen LogP contribution is 2.70. The van der Waals surface area contributed by atoms with Crippen LogP contribution in [-0.2, 0) is 4.79 Å². The molecule has 2 N–H and O–H groups in total. The van der Waals surface area contributed by atoms with Crippen LogP contribution in [-0.4, -0.2) is 22.3 Å². The van der Waals surface area contributed by atoms with E-state index in [9.17, 15) is 15.0 Å². The summed E-state index contributed by atoms with van der Waals surface area (Å²) in [6, 6.07) is 0. The molecule has 23 heavy (non-hydrogen) atoms. The van der Waals surface area contributed by atoms with Crippen LogP contribution in [0.3, 0.4) is 0 Å². The predicted octanol–water partition coefficient (Wildman–Crippen LogP) is 3.87. The molecule has 4 aliphatic rings. The van der Waals surface area contributed by atoms with Crippen LogP contribution >= 0.6 is 0 Å². The van der Waals surface area contributed by atoms with Gasteiger partial charge in [-0.25, -0.2) is 0 Å². The van der Waals surface area contributed by atoms with Crippen LogP contribution < -0.4 is 0 Å². The summed E-state index contributed by atoms with van der Waals surface area (Å²) in [7, 11) is 0. The number of aliphatic hydroxyl groups is 1. The van der Waals surface area contributed by atoms with Crippen LogP contribution in [0.25, 0.3) is 0 Å². The Hall–Kier alpha value is -0.830. The number of aliphatic hydroxyl groups excluding tert-OH is 1.